The third kappa shape index (κ3) is 4.96. The molecule has 0 aliphatic carbocycles. The summed E-state index contributed by atoms with van der Waals surface area (Å²) in [5.41, 5.74) is 1.88. The molecule has 7 heteroatoms. The molecule has 0 aliphatic heterocycles. The van der Waals surface area contributed by atoms with Crippen LogP contribution < -0.4 is 14.8 Å². The Kier molecular flexibility index (Phi) is 6.41. The predicted octanol–water partition coefficient (Wildman–Crippen LogP) is 3.57. The first-order valence-electron chi connectivity index (χ1n) is 7.39. The average Bonchev–Trinajstić information content (AvgIpc) is 2.61. The van der Waals surface area contributed by atoms with E-state index in [0.717, 1.165) is 10.0 Å². The maximum absolute atomic E-state index is 12.2. The van der Waals surface area contributed by atoms with Crippen molar-refractivity contribution >= 4 is 33.5 Å². The third-order valence-corrected chi connectivity index (χ3v) is 4.02. The molecule has 0 saturated carbocycles. The molecule has 0 fully saturated rings. The third-order valence-electron chi connectivity index (χ3n) is 3.36. The molecule has 0 saturated heterocycles. The van der Waals surface area contributed by atoms with Gasteiger partial charge in [-0.05, 0) is 52.7 Å². The topological polar surface area (TPSA) is 73.9 Å². The zero-order chi connectivity index (χ0) is 18.4. The summed E-state index contributed by atoms with van der Waals surface area (Å²) in [5, 5.41) is 2.68. The molecule has 0 atom stereocenters. The quantitative estimate of drug-likeness (QED) is 0.740. The van der Waals surface area contributed by atoms with Crippen molar-refractivity contribution in [3.05, 3.63) is 52.0 Å². The van der Waals surface area contributed by atoms with Gasteiger partial charge in [-0.3, -0.25) is 4.79 Å². The number of nitrogens with one attached hydrogen (secondary N) is 1. The summed E-state index contributed by atoms with van der Waals surface area (Å²) in [5.74, 6) is -0.232. The zero-order valence-corrected chi connectivity index (χ0v) is 15.7. The van der Waals surface area contributed by atoms with E-state index in [2.05, 4.69) is 21.2 Å². The summed E-state index contributed by atoms with van der Waals surface area (Å²) in [6, 6.07) is 10.2. The van der Waals surface area contributed by atoms with Crippen LogP contribution in [0, 0.1) is 6.92 Å². The van der Waals surface area contributed by atoms with Crippen molar-refractivity contribution < 1.29 is 23.8 Å². The van der Waals surface area contributed by atoms with Gasteiger partial charge < -0.3 is 19.5 Å². The molecule has 2 aromatic carbocycles. The molecule has 2 aromatic rings. The van der Waals surface area contributed by atoms with Crippen molar-refractivity contribution in [2.24, 2.45) is 0 Å². The van der Waals surface area contributed by atoms with Crippen molar-refractivity contribution in [1.82, 2.24) is 0 Å². The van der Waals surface area contributed by atoms with Crippen LogP contribution in [0.2, 0.25) is 0 Å². The maximum Gasteiger partial charge on any atom is 0.342 e. The van der Waals surface area contributed by atoms with Gasteiger partial charge in [0.1, 0.15) is 17.1 Å². The molecule has 1 amide bonds. The zero-order valence-electron chi connectivity index (χ0n) is 14.1. The number of amides is 1. The lowest BCUT2D eigenvalue weighted by atomic mass is 10.2. The molecule has 25 heavy (non-hydrogen) atoms. The number of hydrogen-bond donors (Lipinski definition) is 1. The molecule has 0 bridgehead atoms. The standard InChI is InChI=1S/C18H18BrNO5/c1-11-4-7-15(14(19)8-11)20-17(21)10-25-18(22)13-6-5-12(23-2)9-16(13)24-3/h4-9H,10H2,1-3H3,(H,20,21). The molecular weight excluding hydrogens is 390 g/mol. The first-order chi connectivity index (χ1) is 11.9. The molecule has 132 valence electrons. The summed E-state index contributed by atoms with van der Waals surface area (Å²) in [6.07, 6.45) is 0. The van der Waals surface area contributed by atoms with Crippen LogP contribution in [0.3, 0.4) is 0 Å². The Balaban J connectivity index is 1.98. The Hall–Kier alpha value is -2.54. The molecule has 0 unspecified atom stereocenters. The van der Waals surface area contributed by atoms with Crippen molar-refractivity contribution in [1.29, 1.82) is 0 Å². The Morgan fingerprint density at radius 1 is 1.08 bits per heavy atom. The van der Waals surface area contributed by atoms with Crippen LogP contribution in [0.25, 0.3) is 0 Å². The van der Waals surface area contributed by atoms with Crippen molar-refractivity contribution in [2.75, 3.05) is 26.1 Å². The van der Waals surface area contributed by atoms with Crippen LogP contribution in [0.15, 0.2) is 40.9 Å². The summed E-state index contributed by atoms with van der Waals surface area (Å²) in [4.78, 5) is 24.1. The molecular formula is C18H18BrNO5. The van der Waals surface area contributed by atoms with Gasteiger partial charge in [0.2, 0.25) is 0 Å². The van der Waals surface area contributed by atoms with E-state index in [4.69, 9.17) is 14.2 Å². The second kappa shape index (κ2) is 8.53. The van der Waals surface area contributed by atoms with Gasteiger partial charge in [-0.15, -0.1) is 0 Å². The summed E-state index contributed by atoms with van der Waals surface area (Å²) < 4.78 is 16.0. The molecule has 0 aliphatic rings. The van der Waals surface area contributed by atoms with Gasteiger partial charge >= 0.3 is 5.97 Å². The van der Waals surface area contributed by atoms with E-state index < -0.39 is 18.5 Å². The number of anilines is 1. The number of esters is 1. The first-order valence-corrected chi connectivity index (χ1v) is 8.19. The van der Waals surface area contributed by atoms with E-state index in [9.17, 15) is 9.59 Å². The summed E-state index contributed by atoms with van der Waals surface area (Å²) >= 11 is 3.37. The van der Waals surface area contributed by atoms with Crippen LogP contribution in [-0.4, -0.2) is 32.7 Å². The van der Waals surface area contributed by atoms with E-state index in [-0.39, 0.29) is 5.56 Å². The van der Waals surface area contributed by atoms with Gasteiger partial charge in [-0.2, -0.15) is 0 Å². The highest BCUT2D eigenvalue weighted by molar-refractivity contribution is 9.10. The van der Waals surface area contributed by atoms with Gasteiger partial charge in [0.05, 0.1) is 19.9 Å². The van der Waals surface area contributed by atoms with Crippen LogP contribution in [0.5, 0.6) is 11.5 Å². The molecule has 1 N–H and O–H groups in total. The smallest absolute Gasteiger partial charge is 0.342 e. The molecule has 0 aromatic heterocycles. The van der Waals surface area contributed by atoms with Crippen LogP contribution in [0.4, 0.5) is 5.69 Å². The first kappa shape index (κ1) is 18.8. The van der Waals surface area contributed by atoms with E-state index in [1.165, 1.54) is 20.3 Å². The highest BCUT2D eigenvalue weighted by Crippen LogP contribution is 2.25. The number of rotatable bonds is 6. The van der Waals surface area contributed by atoms with Gasteiger partial charge in [-0.1, -0.05) is 6.07 Å². The largest absolute Gasteiger partial charge is 0.497 e. The SMILES string of the molecule is COc1ccc(C(=O)OCC(=O)Nc2ccc(C)cc2Br)c(OC)c1. The summed E-state index contributed by atoms with van der Waals surface area (Å²) in [7, 11) is 2.95. The minimum absolute atomic E-state index is 0.215. The summed E-state index contributed by atoms with van der Waals surface area (Å²) in [6.45, 7) is 1.54. The van der Waals surface area contributed by atoms with Crippen molar-refractivity contribution in [2.45, 2.75) is 6.92 Å². The molecule has 0 radical (unpaired) electrons. The number of methoxy groups -OCH3 is 2. The van der Waals surface area contributed by atoms with E-state index >= 15 is 0 Å². The normalized spacial score (nSPS) is 10.1. The van der Waals surface area contributed by atoms with Crippen LogP contribution in [-0.2, 0) is 9.53 Å². The fourth-order valence-electron chi connectivity index (χ4n) is 2.08. The fourth-order valence-corrected chi connectivity index (χ4v) is 2.68. The minimum Gasteiger partial charge on any atom is -0.497 e. The monoisotopic (exact) mass is 407 g/mol. The van der Waals surface area contributed by atoms with E-state index in [1.54, 1.807) is 18.2 Å². The van der Waals surface area contributed by atoms with E-state index in [0.29, 0.717) is 17.2 Å². The van der Waals surface area contributed by atoms with Gasteiger partial charge in [0.25, 0.3) is 5.91 Å². The highest BCUT2D eigenvalue weighted by atomic mass is 79.9. The molecule has 0 spiro atoms. The predicted molar refractivity (Wildman–Crippen MR) is 97.3 cm³/mol. The van der Waals surface area contributed by atoms with Gasteiger partial charge in [0, 0.05) is 10.5 Å². The lowest BCUT2D eigenvalue weighted by Gasteiger charge is -2.11. The Bertz CT molecular complexity index is 791. The minimum atomic E-state index is -0.655. The van der Waals surface area contributed by atoms with E-state index in [1.807, 2.05) is 19.1 Å². The number of aryl methyl sites for hydroxylation is 1. The molecule has 0 heterocycles. The molecule has 6 nitrogen and oxygen atoms in total. The number of ether oxygens (including phenoxy) is 3. The van der Waals surface area contributed by atoms with Crippen molar-refractivity contribution in [3.63, 3.8) is 0 Å². The number of hydrogen-bond acceptors (Lipinski definition) is 5. The number of benzene rings is 2. The highest BCUT2D eigenvalue weighted by Gasteiger charge is 2.16. The Morgan fingerprint density at radius 2 is 1.84 bits per heavy atom. The Morgan fingerprint density at radius 3 is 2.48 bits per heavy atom. The second-order valence-electron chi connectivity index (χ2n) is 5.17. The van der Waals surface area contributed by atoms with Crippen LogP contribution in [0.1, 0.15) is 15.9 Å². The number of carbonyl (C=O) groups is 2. The lowest BCUT2D eigenvalue weighted by Crippen LogP contribution is -2.21. The van der Waals surface area contributed by atoms with Crippen LogP contribution >= 0.6 is 15.9 Å². The van der Waals surface area contributed by atoms with Gasteiger partial charge in [0.15, 0.2) is 6.61 Å². The number of halogens is 1. The maximum atomic E-state index is 12.2. The van der Waals surface area contributed by atoms with Crippen molar-refractivity contribution in [3.8, 4) is 11.5 Å². The lowest BCUT2D eigenvalue weighted by molar-refractivity contribution is -0.119. The second-order valence-corrected chi connectivity index (χ2v) is 6.03. The molecule has 2 rings (SSSR count). The van der Waals surface area contributed by atoms with Gasteiger partial charge in [-0.25, -0.2) is 4.79 Å². The Labute approximate surface area is 154 Å². The average molecular weight is 408 g/mol. The fraction of sp³-hybridized carbons (Fsp3) is 0.222. The number of carbonyl (C=O) groups excluding carboxylic acids is 2.